The van der Waals surface area contributed by atoms with Gasteiger partial charge in [0.25, 0.3) is 0 Å². The van der Waals surface area contributed by atoms with Crippen molar-refractivity contribution < 1.29 is 0 Å². The molecule has 0 saturated heterocycles. The van der Waals surface area contributed by atoms with Crippen molar-refractivity contribution in [3.63, 3.8) is 0 Å². The van der Waals surface area contributed by atoms with Crippen molar-refractivity contribution in [3.05, 3.63) is 62.7 Å². The van der Waals surface area contributed by atoms with Gasteiger partial charge in [-0.2, -0.15) is 0 Å². The Morgan fingerprint density at radius 3 is 2.43 bits per heavy atom. The zero-order valence-corrected chi connectivity index (χ0v) is 15.6. The maximum atomic E-state index is 6.29. The second-order valence-electron chi connectivity index (χ2n) is 6.12. The summed E-state index contributed by atoms with van der Waals surface area (Å²) in [4.78, 5) is 0. The van der Waals surface area contributed by atoms with Gasteiger partial charge in [0.2, 0.25) is 0 Å². The zero-order valence-electron chi connectivity index (χ0n) is 12.7. The van der Waals surface area contributed by atoms with Gasteiger partial charge in [-0.1, -0.05) is 55.8 Å². The van der Waals surface area contributed by atoms with Crippen LogP contribution in [0.1, 0.15) is 32.8 Å². The molecule has 1 nitrogen and oxygen atoms in total. The van der Waals surface area contributed by atoms with E-state index in [4.69, 9.17) is 11.6 Å². The first-order valence-electron chi connectivity index (χ1n) is 7.15. The minimum atomic E-state index is 0.128. The van der Waals surface area contributed by atoms with E-state index in [0.717, 1.165) is 20.7 Å². The zero-order chi connectivity index (χ0) is 15.5. The maximum Gasteiger partial charge on any atom is 0.0648 e. The topological polar surface area (TPSA) is 12.0 Å². The van der Waals surface area contributed by atoms with E-state index in [1.807, 2.05) is 6.07 Å². The summed E-state index contributed by atoms with van der Waals surface area (Å²) in [6.07, 6.45) is 1.04. The van der Waals surface area contributed by atoms with Crippen LogP contribution in [0.4, 0.5) is 5.69 Å². The Hall–Kier alpha value is -0.740. The Balaban J connectivity index is 2.06. The highest BCUT2D eigenvalue weighted by molar-refractivity contribution is 14.1. The van der Waals surface area contributed by atoms with Crippen LogP contribution in [0.5, 0.6) is 0 Å². The molecular weight excluding hydrogens is 393 g/mol. The van der Waals surface area contributed by atoms with Crippen LogP contribution < -0.4 is 5.32 Å². The summed E-state index contributed by atoms with van der Waals surface area (Å²) in [6, 6.07) is 17.1. The Morgan fingerprint density at radius 2 is 1.81 bits per heavy atom. The number of rotatable bonds is 5. The van der Waals surface area contributed by atoms with E-state index in [1.54, 1.807) is 0 Å². The molecule has 0 aliphatic carbocycles. The lowest BCUT2D eigenvalue weighted by molar-refractivity contribution is 0.450. The van der Waals surface area contributed by atoms with Crippen LogP contribution >= 0.6 is 34.2 Å². The van der Waals surface area contributed by atoms with Crippen molar-refractivity contribution in [3.8, 4) is 0 Å². The van der Waals surface area contributed by atoms with E-state index in [2.05, 4.69) is 91.1 Å². The minimum absolute atomic E-state index is 0.128. The quantitative estimate of drug-likeness (QED) is 0.583. The van der Waals surface area contributed by atoms with E-state index in [1.165, 1.54) is 5.56 Å². The van der Waals surface area contributed by atoms with Crippen molar-refractivity contribution in [2.75, 3.05) is 5.32 Å². The van der Waals surface area contributed by atoms with E-state index in [0.29, 0.717) is 6.04 Å². The highest BCUT2D eigenvalue weighted by Gasteiger charge is 2.23. The van der Waals surface area contributed by atoms with Crippen LogP contribution in [0.15, 0.2) is 48.5 Å². The smallest absolute Gasteiger partial charge is 0.0648 e. The van der Waals surface area contributed by atoms with Gasteiger partial charge in [0, 0.05) is 9.61 Å². The number of anilines is 1. The monoisotopic (exact) mass is 413 g/mol. The molecule has 0 aliphatic heterocycles. The third-order valence-electron chi connectivity index (χ3n) is 3.70. The van der Waals surface area contributed by atoms with Gasteiger partial charge in [-0.15, -0.1) is 0 Å². The van der Waals surface area contributed by atoms with Gasteiger partial charge in [0.05, 0.1) is 10.7 Å². The predicted molar refractivity (Wildman–Crippen MR) is 101 cm³/mol. The maximum absolute atomic E-state index is 6.29. The Morgan fingerprint density at radius 1 is 1.14 bits per heavy atom. The fourth-order valence-corrected chi connectivity index (χ4v) is 3.61. The van der Waals surface area contributed by atoms with E-state index < -0.39 is 0 Å². The number of halogens is 2. The summed E-state index contributed by atoms with van der Waals surface area (Å²) in [5.74, 6) is 0. The fourth-order valence-electron chi connectivity index (χ4n) is 2.70. The first-order chi connectivity index (χ1) is 9.88. The Bertz CT molecular complexity index is 595. The minimum Gasteiger partial charge on any atom is -0.381 e. The largest absolute Gasteiger partial charge is 0.381 e. The molecular formula is C18H21ClIN. The molecule has 2 rings (SSSR count). The average Bonchev–Trinajstić information content (AvgIpc) is 2.42. The predicted octanol–water partition coefficient (Wildman–Crippen LogP) is 6.11. The molecule has 0 spiro atoms. The van der Waals surface area contributed by atoms with Crippen molar-refractivity contribution >= 4 is 39.9 Å². The SMILES string of the molecule is CC(CC(C)(C)c1ccccc1)Nc1ccc(I)cc1Cl. The molecule has 0 heterocycles. The molecule has 1 N–H and O–H groups in total. The molecule has 0 amide bonds. The molecule has 2 aromatic carbocycles. The molecule has 0 aromatic heterocycles. The van der Waals surface area contributed by atoms with E-state index >= 15 is 0 Å². The van der Waals surface area contributed by atoms with Crippen LogP contribution in [-0.2, 0) is 5.41 Å². The second-order valence-corrected chi connectivity index (χ2v) is 7.78. The molecule has 3 heteroatoms. The van der Waals surface area contributed by atoms with Crippen molar-refractivity contribution in [1.29, 1.82) is 0 Å². The first-order valence-corrected chi connectivity index (χ1v) is 8.61. The van der Waals surface area contributed by atoms with Gasteiger partial charge >= 0.3 is 0 Å². The van der Waals surface area contributed by atoms with Gasteiger partial charge in [-0.3, -0.25) is 0 Å². The highest BCUT2D eigenvalue weighted by Crippen LogP contribution is 2.30. The summed E-state index contributed by atoms with van der Waals surface area (Å²) in [7, 11) is 0. The third-order valence-corrected chi connectivity index (χ3v) is 4.69. The molecule has 112 valence electrons. The number of hydrogen-bond donors (Lipinski definition) is 1. The van der Waals surface area contributed by atoms with E-state index in [9.17, 15) is 0 Å². The standard InChI is InChI=1S/C18H21ClIN/c1-13(21-17-10-9-15(20)11-16(17)19)12-18(2,3)14-7-5-4-6-8-14/h4-11,13,21H,12H2,1-3H3. The summed E-state index contributed by atoms with van der Waals surface area (Å²) in [5.41, 5.74) is 2.50. The van der Waals surface area contributed by atoms with Gasteiger partial charge in [0.1, 0.15) is 0 Å². The van der Waals surface area contributed by atoms with Crippen LogP contribution in [0.2, 0.25) is 5.02 Å². The molecule has 21 heavy (non-hydrogen) atoms. The number of hydrogen-bond acceptors (Lipinski definition) is 1. The van der Waals surface area contributed by atoms with Gasteiger partial charge in [0.15, 0.2) is 0 Å². The van der Waals surface area contributed by atoms with Crippen LogP contribution in [0.25, 0.3) is 0 Å². The van der Waals surface area contributed by atoms with Crippen LogP contribution in [0, 0.1) is 3.57 Å². The summed E-state index contributed by atoms with van der Waals surface area (Å²) >= 11 is 8.57. The van der Waals surface area contributed by atoms with Crippen LogP contribution in [0.3, 0.4) is 0 Å². The van der Waals surface area contributed by atoms with Gasteiger partial charge < -0.3 is 5.32 Å². The molecule has 0 radical (unpaired) electrons. The molecule has 0 saturated carbocycles. The average molecular weight is 414 g/mol. The summed E-state index contributed by atoms with van der Waals surface area (Å²) < 4.78 is 1.15. The molecule has 1 unspecified atom stereocenters. The molecule has 2 aromatic rings. The highest BCUT2D eigenvalue weighted by atomic mass is 127. The number of benzene rings is 2. The van der Waals surface area contributed by atoms with Crippen molar-refractivity contribution in [1.82, 2.24) is 0 Å². The van der Waals surface area contributed by atoms with Gasteiger partial charge in [-0.05, 0) is 65.1 Å². The summed E-state index contributed by atoms with van der Waals surface area (Å²) in [6.45, 7) is 6.78. The van der Waals surface area contributed by atoms with Crippen LogP contribution in [-0.4, -0.2) is 6.04 Å². The van der Waals surface area contributed by atoms with Crippen molar-refractivity contribution in [2.45, 2.75) is 38.6 Å². The summed E-state index contributed by atoms with van der Waals surface area (Å²) in [5, 5.41) is 4.31. The first kappa shape index (κ1) is 16.6. The second kappa shape index (κ2) is 7.01. The van der Waals surface area contributed by atoms with E-state index in [-0.39, 0.29) is 5.41 Å². The number of nitrogens with one attached hydrogen (secondary N) is 1. The third kappa shape index (κ3) is 4.62. The normalized spacial score (nSPS) is 13.0. The molecule has 0 bridgehead atoms. The lowest BCUT2D eigenvalue weighted by Crippen LogP contribution is -2.27. The molecule has 0 aliphatic rings. The Labute approximate surface area is 146 Å². The lowest BCUT2D eigenvalue weighted by Gasteiger charge is -2.29. The molecule has 1 atom stereocenters. The Kier molecular flexibility index (Phi) is 5.55. The molecule has 0 fully saturated rings. The fraction of sp³-hybridized carbons (Fsp3) is 0.333. The van der Waals surface area contributed by atoms with Crippen molar-refractivity contribution in [2.24, 2.45) is 0 Å². The lowest BCUT2D eigenvalue weighted by atomic mass is 9.79. The van der Waals surface area contributed by atoms with Gasteiger partial charge in [-0.25, -0.2) is 0 Å².